The third-order valence-electron chi connectivity index (χ3n) is 4.77. The van der Waals surface area contributed by atoms with E-state index in [9.17, 15) is 4.39 Å². The van der Waals surface area contributed by atoms with Crippen LogP contribution < -0.4 is 10.2 Å². The molecule has 2 aliphatic heterocycles. The van der Waals surface area contributed by atoms with Crippen LogP contribution in [0.3, 0.4) is 0 Å². The Morgan fingerprint density at radius 1 is 1.24 bits per heavy atom. The molecule has 0 radical (unpaired) electrons. The van der Waals surface area contributed by atoms with Crippen molar-refractivity contribution in [1.29, 1.82) is 0 Å². The maximum absolute atomic E-state index is 14.4. The van der Waals surface area contributed by atoms with Crippen molar-refractivity contribution in [3.63, 3.8) is 0 Å². The average molecular weight is 291 g/mol. The van der Waals surface area contributed by atoms with Crippen molar-refractivity contribution in [3.8, 4) is 0 Å². The number of nitrogens with zero attached hydrogens (tertiary/aromatic N) is 2. The Morgan fingerprint density at radius 3 is 2.81 bits per heavy atom. The summed E-state index contributed by atoms with van der Waals surface area (Å²) < 4.78 is 14.4. The lowest BCUT2D eigenvalue weighted by Gasteiger charge is -2.26. The maximum Gasteiger partial charge on any atom is 0.146 e. The Hall–Kier alpha value is -1.13. The molecule has 1 aromatic carbocycles. The lowest BCUT2D eigenvalue weighted by atomic mass is 10.1. The molecular formula is C17H26FN3. The summed E-state index contributed by atoms with van der Waals surface area (Å²) in [6, 6.07) is 6.07. The molecule has 1 unspecified atom stereocenters. The smallest absolute Gasteiger partial charge is 0.146 e. The number of benzene rings is 1. The minimum absolute atomic E-state index is 0.0764. The second-order valence-corrected chi connectivity index (χ2v) is 6.16. The maximum atomic E-state index is 14.4. The second kappa shape index (κ2) is 6.75. The number of para-hydroxylation sites is 1. The fourth-order valence-electron chi connectivity index (χ4n) is 3.67. The molecule has 1 atom stereocenters. The molecule has 1 aromatic rings. The predicted octanol–water partition coefficient (Wildman–Crippen LogP) is 2.61. The van der Waals surface area contributed by atoms with E-state index in [0.29, 0.717) is 6.04 Å². The van der Waals surface area contributed by atoms with Crippen LogP contribution in [0.2, 0.25) is 0 Å². The van der Waals surface area contributed by atoms with Gasteiger partial charge in [0.15, 0.2) is 0 Å². The zero-order chi connectivity index (χ0) is 14.7. The van der Waals surface area contributed by atoms with Gasteiger partial charge in [0, 0.05) is 25.7 Å². The second-order valence-electron chi connectivity index (χ2n) is 6.16. The van der Waals surface area contributed by atoms with Gasteiger partial charge in [-0.25, -0.2) is 4.39 Å². The molecule has 1 N–H and O–H groups in total. The van der Waals surface area contributed by atoms with Crippen LogP contribution in [-0.4, -0.2) is 43.7 Å². The number of nitrogens with one attached hydrogen (secondary N) is 1. The van der Waals surface area contributed by atoms with Gasteiger partial charge in [0.1, 0.15) is 5.82 Å². The molecule has 3 nitrogen and oxygen atoms in total. The van der Waals surface area contributed by atoms with Gasteiger partial charge in [-0.3, -0.25) is 4.90 Å². The first kappa shape index (κ1) is 14.8. The van der Waals surface area contributed by atoms with E-state index in [1.807, 2.05) is 12.1 Å². The molecule has 0 amide bonds. The number of likely N-dealkylation sites (tertiary alicyclic amines) is 1. The number of rotatable bonds is 5. The molecule has 2 fully saturated rings. The summed E-state index contributed by atoms with van der Waals surface area (Å²) in [6.45, 7) is 8.13. The Balaban J connectivity index is 1.74. The van der Waals surface area contributed by atoms with Gasteiger partial charge in [-0.1, -0.05) is 19.1 Å². The zero-order valence-corrected chi connectivity index (χ0v) is 12.9. The monoisotopic (exact) mass is 291 g/mol. The summed E-state index contributed by atoms with van der Waals surface area (Å²) in [5, 5.41) is 3.32. The molecule has 0 aromatic heterocycles. The molecule has 2 heterocycles. The van der Waals surface area contributed by atoms with Crippen molar-refractivity contribution in [2.75, 3.05) is 37.6 Å². The highest BCUT2D eigenvalue weighted by molar-refractivity contribution is 5.56. The van der Waals surface area contributed by atoms with Gasteiger partial charge in [0.25, 0.3) is 0 Å². The van der Waals surface area contributed by atoms with Crippen molar-refractivity contribution in [2.24, 2.45) is 0 Å². The lowest BCUT2D eigenvalue weighted by Crippen LogP contribution is -2.35. The summed E-state index contributed by atoms with van der Waals surface area (Å²) in [5.41, 5.74) is 1.90. The van der Waals surface area contributed by atoms with E-state index >= 15 is 0 Å². The third kappa shape index (κ3) is 3.22. The summed E-state index contributed by atoms with van der Waals surface area (Å²) in [6.07, 6.45) is 3.80. The van der Waals surface area contributed by atoms with E-state index in [1.54, 1.807) is 6.07 Å². The van der Waals surface area contributed by atoms with Gasteiger partial charge >= 0.3 is 0 Å². The Morgan fingerprint density at radius 2 is 2.05 bits per heavy atom. The standard InChI is InChI=1S/C17H26FN3/c1-2-19-12-14-6-5-7-16(18)17(14)21-11-8-15(13-21)20-9-3-4-10-20/h5-7,15,19H,2-4,8-13H2,1H3. The molecule has 0 saturated carbocycles. The van der Waals surface area contributed by atoms with Crippen LogP contribution in [0.4, 0.5) is 10.1 Å². The number of hydrogen-bond acceptors (Lipinski definition) is 3. The minimum Gasteiger partial charge on any atom is -0.367 e. The molecule has 0 spiro atoms. The highest BCUT2D eigenvalue weighted by atomic mass is 19.1. The predicted molar refractivity (Wildman–Crippen MR) is 85.2 cm³/mol. The van der Waals surface area contributed by atoms with Gasteiger partial charge in [0.2, 0.25) is 0 Å². The third-order valence-corrected chi connectivity index (χ3v) is 4.77. The fourth-order valence-corrected chi connectivity index (χ4v) is 3.67. The molecule has 21 heavy (non-hydrogen) atoms. The molecule has 0 bridgehead atoms. The van der Waals surface area contributed by atoms with E-state index in [4.69, 9.17) is 0 Å². The van der Waals surface area contributed by atoms with Gasteiger partial charge in [0.05, 0.1) is 5.69 Å². The van der Waals surface area contributed by atoms with Gasteiger partial charge in [-0.2, -0.15) is 0 Å². The van der Waals surface area contributed by atoms with E-state index in [2.05, 4.69) is 22.0 Å². The van der Waals surface area contributed by atoms with Crippen LogP contribution in [0.1, 0.15) is 31.7 Å². The van der Waals surface area contributed by atoms with Crippen LogP contribution in [-0.2, 0) is 6.54 Å². The van der Waals surface area contributed by atoms with Crippen LogP contribution in [0.5, 0.6) is 0 Å². The summed E-state index contributed by atoms with van der Waals surface area (Å²) in [4.78, 5) is 4.84. The number of hydrogen-bond donors (Lipinski definition) is 1. The van der Waals surface area contributed by atoms with Crippen molar-refractivity contribution in [1.82, 2.24) is 10.2 Å². The van der Waals surface area contributed by atoms with Crippen molar-refractivity contribution in [2.45, 2.75) is 38.8 Å². The number of halogens is 1. The summed E-state index contributed by atoms with van der Waals surface area (Å²) in [5.74, 6) is -0.0764. The molecule has 0 aliphatic carbocycles. The van der Waals surface area contributed by atoms with Crippen molar-refractivity contribution in [3.05, 3.63) is 29.6 Å². The Bertz CT molecular complexity index is 471. The van der Waals surface area contributed by atoms with E-state index in [-0.39, 0.29) is 5.82 Å². The first-order chi connectivity index (χ1) is 10.3. The van der Waals surface area contributed by atoms with Crippen LogP contribution in [0, 0.1) is 5.82 Å². The highest BCUT2D eigenvalue weighted by Gasteiger charge is 2.31. The van der Waals surface area contributed by atoms with Gasteiger partial charge < -0.3 is 10.2 Å². The topological polar surface area (TPSA) is 18.5 Å². The van der Waals surface area contributed by atoms with Crippen LogP contribution in [0.15, 0.2) is 18.2 Å². The lowest BCUT2D eigenvalue weighted by molar-refractivity contribution is 0.260. The van der Waals surface area contributed by atoms with E-state index in [0.717, 1.165) is 43.9 Å². The average Bonchev–Trinajstić information content (AvgIpc) is 3.15. The first-order valence-corrected chi connectivity index (χ1v) is 8.26. The van der Waals surface area contributed by atoms with Crippen molar-refractivity contribution < 1.29 is 4.39 Å². The fraction of sp³-hybridized carbons (Fsp3) is 0.647. The number of anilines is 1. The molecule has 4 heteroatoms. The largest absolute Gasteiger partial charge is 0.367 e. The Kier molecular flexibility index (Phi) is 4.76. The van der Waals surface area contributed by atoms with Crippen LogP contribution in [0.25, 0.3) is 0 Å². The van der Waals surface area contributed by atoms with Crippen LogP contribution >= 0.6 is 0 Å². The normalized spacial score (nSPS) is 23.1. The van der Waals surface area contributed by atoms with Crippen molar-refractivity contribution >= 4 is 5.69 Å². The molecule has 116 valence electrons. The Labute approximate surface area is 127 Å². The molecule has 2 aliphatic rings. The summed E-state index contributed by atoms with van der Waals surface area (Å²) >= 11 is 0. The quantitative estimate of drug-likeness (QED) is 0.899. The van der Waals surface area contributed by atoms with E-state index in [1.165, 1.54) is 25.9 Å². The van der Waals surface area contributed by atoms with Gasteiger partial charge in [-0.15, -0.1) is 0 Å². The summed E-state index contributed by atoms with van der Waals surface area (Å²) in [7, 11) is 0. The molecule has 3 rings (SSSR count). The zero-order valence-electron chi connectivity index (χ0n) is 12.9. The highest BCUT2D eigenvalue weighted by Crippen LogP contribution is 2.30. The minimum atomic E-state index is -0.0764. The first-order valence-electron chi connectivity index (χ1n) is 8.26. The molecular weight excluding hydrogens is 265 g/mol. The molecule has 2 saturated heterocycles. The van der Waals surface area contributed by atoms with Gasteiger partial charge in [-0.05, 0) is 50.5 Å². The van der Waals surface area contributed by atoms with E-state index < -0.39 is 0 Å². The SMILES string of the molecule is CCNCc1cccc(F)c1N1CCC(N2CCCC2)C1.